The molecule has 0 radical (unpaired) electrons. The summed E-state index contributed by atoms with van der Waals surface area (Å²) in [5.74, 6) is -0.175. The van der Waals surface area contributed by atoms with Crippen LogP contribution in [0.1, 0.15) is 123 Å². The molecule has 2 heteroatoms. The molecule has 0 aromatic carbocycles. The summed E-state index contributed by atoms with van der Waals surface area (Å²) in [6.07, 6.45) is 25.7. The molecular formula is C23H44O2. The monoisotopic (exact) mass is 352 g/mol. The van der Waals surface area contributed by atoms with Crippen molar-refractivity contribution in [1.29, 1.82) is 0 Å². The SMILES string of the molecule is CCCC/C=C/C(=O)OCCCCCCCCCCCCCCCC. The van der Waals surface area contributed by atoms with Crippen molar-refractivity contribution in [3.63, 3.8) is 0 Å². The molecule has 0 saturated carbocycles. The lowest BCUT2D eigenvalue weighted by molar-refractivity contribution is -0.137. The van der Waals surface area contributed by atoms with Gasteiger partial charge in [0.05, 0.1) is 6.61 Å². The summed E-state index contributed by atoms with van der Waals surface area (Å²) < 4.78 is 5.20. The van der Waals surface area contributed by atoms with Gasteiger partial charge in [0, 0.05) is 6.08 Å². The summed E-state index contributed by atoms with van der Waals surface area (Å²) in [7, 11) is 0. The summed E-state index contributed by atoms with van der Waals surface area (Å²) in [6.45, 7) is 5.01. The van der Waals surface area contributed by atoms with Crippen molar-refractivity contribution in [1.82, 2.24) is 0 Å². The largest absolute Gasteiger partial charge is 0.463 e. The van der Waals surface area contributed by atoms with Gasteiger partial charge < -0.3 is 4.74 Å². The van der Waals surface area contributed by atoms with Crippen LogP contribution in [0.25, 0.3) is 0 Å². The van der Waals surface area contributed by atoms with Crippen LogP contribution in [0, 0.1) is 0 Å². The molecule has 0 rings (SSSR count). The highest BCUT2D eigenvalue weighted by Gasteiger charge is 1.97. The van der Waals surface area contributed by atoms with Crippen LogP contribution in [0.5, 0.6) is 0 Å². The van der Waals surface area contributed by atoms with Gasteiger partial charge in [0.1, 0.15) is 0 Å². The first-order valence-electron chi connectivity index (χ1n) is 11.1. The number of esters is 1. The average Bonchev–Trinajstić information content (AvgIpc) is 2.62. The maximum absolute atomic E-state index is 11.4. The van der Waals surface area contributed by atoms with E-state index in [-0.39, 0.29) is 5.97 Å². The fourth-order valence-corrected chi connectivity index (χ4v) is 3.02. The Hall–Kier alpha value is -0.790. The van der Waals surface area contributed by atoms with Crippen LogP contribution in [0.3, 0.4) is 0 Å². The topological polar surface area (TPSA) is 26.3 Å². The van der Waals surface area contributed by atoms with Gasteiger partial charge in [0.2, 0.25) is 0 Å². The zero-order chi connectivity index (χ0) is 18.4. The summed E-state index contributed by atoms with van der Waals surface area (Å²) in [4.78, 5) is 11.4. The third-order valence-corrected chi connectivity index (χ3v) is 4.72. The van der Waals surface area contributed by atoms with E-state index in [2.05, 4.69) is 13.8 Å². The molecular weight excluding hydrogens is 308 g/mol. The minimum absolute atomic E-state index is 0.175. The molecule has 0 aromatic heterocycles. The lowest BCUT2D eigenvalue weighted by Crippen LogP contribution is -2.02. The van der Waals surface area contributed by atoms with Gasteiger partial charge >= 0.3 is 5.97 Å². The Balaban J connectivity index is 3.14. The van der Waals surface area contributed by atoms with Crippen molar-refractivity contribution in [2.75, 3.05) is 6.61 Å². The first kappa shape index (κ1) is 24.2. The Kier molecular flexibility index (Phi) is 20.6. The van der Waals surface area contributed by atoms with E-state index in [1.807, 2.05) is 6.08 Å². The summed E-state index contributed by atoms with van der Waals surface area (Å²) in [5.41, 5.74) is 0. The van der Waals surface area contributed by atoms with Crippen molar-refractivity contribution >= 4 is 5.97 Å². The Morgan fingerprint density at radius 1 is 0.640 bits per heavy atom. The van der Waals surface area contributed by atoms with Crippen LogP contribution >= 0.6 is 0 Å². The predicted octanol–water partition coefficient (Wildman–Crippen LogP) is 7.76. The van der Waals surface area contributed by atoms with Gasteiger partial charge in [-0.3, -0.25) is 0 Å². The molecule has 148 valence electrons. The Morgan fingerprint density at radius 3 is 1.56 bits per heavy atom. The molecule has 0 aromatic rings. The molecule has 0 aliphatic carbocycles. The second-order valence-electron chi connectivity index (χ2n) is 7.31. The van der Waals surface area contributed by atoms with Gasteiger partial charge in [-0.2, -0.15) is 0 Å². The highest BCUT2D eigenvalue weighted by atomic mass is 16.5. The average molecular weight is 353 g/mol. The van der Waals surface area contributed by atoms with Crippen LogP contribution in [0.4, 0.5) is 0 Å². The van der Waals surface area contributed by atoms with Crippen molar-refractivity contribution < 1.29 is 9.53 Å². The number of allylic oxidation sites excluding steroid dienone is 1. The third kappa shape index (κ3) is 21.2. The molecule has 0 heterocycles. The first-order valence-corrected chi connectivity index (χ1v) is 11.1. The minimum Gasteiger partial charge on any atom is -0.463 e. The van der Waals surface area contributed by atoms with Crippen molar-refractivity contribution in [3.8, 4) is 0 Å². The van der Waals surface area contributed by atoms with E-state index in [0.29, 0.717) is 6.61 Å². The maximum Gasteiger partial charge on any atom is 0.330 e. The smallest absolute Gasteiger partial charge is 0.330 e. The third-order valence-electron chi connectivity index (χ3n) is 4.72. The normalized spacial score (nSPS) is 11.3. The quantitative estimate of drug-likeness (QED) is 0.135. The molecule has 0 spiro atoms. The number of unbranched alkanes of at least 4 members (excludes halogenated alkanes) is 15. The van der Waals surface area contributed by atoms with Crippen molar-refractivity contribution in [2.24, 2.45) is 0 Å². The highest BCUT2D eigenvalue weighted by Crippen LogP contribution is 2.12. The lowest BCUT2D eigenvalue weighted by Gasteiger charge is -2.04. The molecule has 0 aliphatic rings. The zero-order valence-electron chi connectivity index (χ0n) is 17.2. The van der Waals surface area contributed by atoms with E-state index in [1.165, 1.54) is 89.9 Å². The number of carbonyl (C=O) groups is 1. The Labute approximate surface area is 157 Å². The fraction of sp³-hybridized carbons (Fsp3) is 0.870. The molecule has 25 heavy (non-hydrogen) atoms. The minimum atomic E-state index is -0.175. The molecule has 0 fully saturated rings. The van der Waals surface area contributed by atoms with E-state index in [1.54, 1.807) is 6.08 Å². The molecule has 0 bridgehead atoms. The second-order valence-corrected chi connectivity index (χ2v) is 7.31. The Bertz CT molecular complexity index is 296. The van der Waals surface area contributed by atoms with E-state index < -0.39 is 0 Å². The molecule has 0 unspecified atom stereocenters. The number of ether oxygens (including phenoxy) is 1. The molecule has 0 N–H and O–H groups in total. The standard InChI is InChI=1S/C23H44O2/c1-3-5-7-9-10-11-12-13-14-15-16-17-18-20-22-25-23(24)21-19-8-6-4-2/h19,21H,3-18,20,22H2,1-2H3/b21-19+. The van der Waals surface area contributed by atoms with Crippen molar-refractivity contribution in [3.05, 3.63) is 12.2 Å². The van der Waals surface area contributed by atoms with Crippen LogP contribution in [0.2, 0.25) is 0 Å². The van der Waals surface area contributed by atoms with Gasteiger partial charge in [-0.15, -0.1) is 0 Å². The molecule has 0 aliphatic heterocycles. The van der Waals surface area contributed by atoms with Gasteiger partial charge in [-0.1, -0.05) is 116 Å². The number of carbonyl (C=O) groups excluding carboxylic acids is 1. The molecule has 0 atom stereocenters. The number of hydrogen-bond acceptors (Lipinski definition) is 2. The van der Waals surface area contributed by atoms with Gasteiger partial charge in [0.25, 0.3) is 0 Å². The fourth-order valence-electron chi connectivity index (χ4n) is 3.02. The summed E-state index contributed by atoms with van der Waals surface area (Å²) >= 11 is 0. The van der Waals surface area contributed by atoms with E-state index in [4.69, 9.17) is 4.74 Å². The van der Waals surface area contributed by atoms with E-state index >= 15 is 0 Å². The number of hydrogen-bond donors (Lipinski definition) is 0. The predicted molar refractivity (Wildman–Crippen MR) is 110 cm³/mol. The summed E-state index contributed by atoms with van der Waals surface area (Å²) in [6, 6.07) is 0. The second kappa shape index (κ2) is 21.3. The summed E-state index contributed by atoms with van der Waals surface area (Å²) in [5, 5.41) is 0. The van der Waals surface area contributed by atoms with E-state index in [9.17, 15) is 4.79 Å². The van der Waals surface area contributed by atoms with Crippen LogP contribution in [0.15, 0.2) is 12.2 Å². The highest BCUT2D eigenvalue weighted by molar-refractivity contribution is 5.81. The lowest BCUT2D eigenvalue weighted by atomic mass is 10.0. The zero-order valence-corrected chi connectivity index (χ0v) is 17.2. The first-order chi connectivity index (χ1) is 12.3. The molecule has 2 nitrogen and oxygen atoms in total. The van der Waals surface area contributed by atoms with Gasteiger partial charge in [-0.25, -0.2) is 4.79 Å². The van der Waals surface area contributed by atoms with Gasteiger partial charge in [0.15, 0.2) is 0 Å². The van der Waals surface area contributed by atoms with E-state index in [0.717, 1.165) is 19.3 Å². The molecule has 0 saturated heterocycles. The van der Waals surface area contributed by atoms with Crippen LogP contribution < -0.4 is 0 Å². The Morgan fingerprint density at radius 2 is 1.08 bits per heavy atom. The molecule has 0 amide bonds. The van der Waals surface area contributed by atoms with Crippen LogP contribution in [-0.2, 0) is 9.53 Å². The van der Waals surface area contributed by atoms with Gasteiger partial charge in [-0.05, 0) is 12.8 Å². The van der Waals surface area contributed by atoms with Crippen LogP contribution in [-0.4, -0.2) is 12.6 Å². The number of rotatable bonds is 19. The maximum atomic E-state index is 11.4. The van der Waals surface area contributed by atoms with Crippen molar-refractivity contribution in [2.45, 2.75) is 123 Å².